The standard InChI is InChI=1S/C16H9BrN2O2S/c17-11-5-6-13-12(7-11)18-16-19(13)8-14(22-16)9-1-3-10(4-2-9)15(20)21/h1-8H,(H,20,21). The molecule has 2 heterocycles. The molecule has 4 nitrogen and oxygen atoms in total. The first kappa shape index (κ1) is 13.5. The summed E-state index contributed by atoms with van der Waals surface area (Å²) in [6.45, 7) is 0. The zero-order valence-corrected chi connectivity index (χ0v) is 13.6. The molecule has 0 aliphatic rings. The van der Waals surface area contributed by atoms with Crippen molar-refractivity contribution in [3.63, 3.8) is 0 Å². The minimum absolute atomic E-state index is 0.292. The lowest BCUT2D eigenvalue weighted by molar-refractivity contribution is 0.0697. The van der Waals surface area contributed by atoms with Gasteiger partial charge in [-0.2, -0.15) is 0 Å². The quantitative estimate of drug-likeness (QED) is 0.555. The van der Waals surface area contributed by atoms with Crippen LogP contribution in [-0.4, -0.2) is 20.5 Å². The molecule has 2 aromatic heterocycles. The van der Waals surface area contributed by atoms with Crippen LogP contribution < -0.4 is 0 Å². The Labute approximate surface area is 137 Å². The van der Waals surface area contributed by atoms with Crippen molar-refractivity contribution in [2.45, 2.75) is 0 Å². The molecule has 22 heavy (non-hydrogen) atoms. The highest BCUT2D eigenvalue weighted by atomic mass is 79.9. The summed E-state index contributed by atoms with van der Waals surface area (Å²) in [5, 5.41) is 8.95. The molecule has 6 heteroatoms. The number of carbonyl (C=O) groups is 1. The van der Waals surface area contributed by atoms with Crippen LogP contribution in [0.25, 0.3) is 26.4 Å². The summed E-state index contributed by atoms with van der Waals surface area (Å²) < 4.78 is 3.07. The molecular weight excluding hydrogens is 364 g/mol. The zero-order chi connectivity index (χ0) is 15.3. The Hall–Kier alpha value is -2.18. The summed E-state index contributed by atoms with van der Waals surface area (Å²) in [4.78, 5) is 17.5. The molecule has 0 aliphatic carbocycles. The Morgan fingerprint density at radius 3 is 2.68 bits per heavy atom. The average Bonchev–Trinajstić information content (AvgIpc) is 3.04. The van der Waals surface area contributed by atoms with Gasteiger partial charge in [0.1, 0.15) is 0 Å². The van der Waals surface area contributed by atoms with Gasteiger partial charge >= 0.3 is 5.97 Å². The molecule has 0 radical (unpaired) electrons. The van der Waals surface area contributed by atoms with E-state index in [1.165, 1.54) is 0 Å². The van der Waals surface area contributed by atoms with Gasteiger partial charge in [-0.25, -0.2) is 9.78 Å². The zero-order valence-electron chi connectivity index (χ0n) is 11.2. The monoisotopic (exact) mass is 372 g/mol. The molecule has 0 aliphatic heterocycles. The maximum Gasteiger partial charge on any atom is 0.335 e. The molecule has 4 aromatic rings. The lowest BCUT2D eigenvalue weighted by Gasteiger charge is -1.98. The molecule has 0 saturated carbocycles. The van der Waals surface area contributed by atoms with Crippen LogP contribution in [0.3, 0.4) is 0 Å². The summed E-state index contributed by atoms with van der Waals surface area (Å²) in [6.07, 6.45) is 2.04. The van der Waals surface area contributed by atoms with Gasteiger partial charge in [-0.05, 0) is 35.9 Å². The Kier molecular flexibility index (Phi) is 3.02. The molecular formula is C16H9BrN2O2S. The first-order valence-corrected chi connectivity index (χ1v) is 8.14. The molecule has 2 aromatic carbocycles. The molecule has 4 rings (SSSR count). The number of benzene rings is 2. The second-order valence-corrected chi connectivity index (χ2v) is 6.80. The number of hydrogen-bond donors (Lipinski definition) is 1. The number of rotatable bonds is 2. The van der Waals surface area contributed by atoms with Crippen molar-refractivity contribution in [2.24, 2.45) is 0 Å². The fourth-order valence-electron chi connectivity index (χ4n) is 2.40. The second kappa shape index (κ2) is 4.93. The number of carboxylic acids is 1. The number of aromatic carboxylic acids is 1. The largest absolute Gasteiger partial charge is 0.478 e. The fraction of sp³-hybridized carbons (Fsp3) is 0. The van der Waals surface area contributed by atoms with Crippen LogP contribution in [0.1, 0.15) is 10.4 Å². The van der Waals surface area contributed by atoms with Crippen molar-refractivity contribution in [1.82, 2.24) is 9.38 Å². The van der Waals surface area contributed by atoms with Gasteiger partial charge in [0, 0.05) is 10.7 Å². The fourth-order valence-corrected chi connectivity index (χ4v) is 3.75. The number of halogens is 1. The van der Waals surface area contributed by atoms with Crippen LogP contribution in [-0.2, 0) is 0 Å². The molecule has 0 bridgehead atoms. The normalized spacial score (nSPS) is 11.3. The summed E-state index contributed by atoms with van der Waals surface area (Å²) in [6, 6.07) is 12.9. The predicted octanol–water partition coefficient (Wildman–Crippen LogP) is 4.68. The maximum absolute atomic E-state index is 10.9. The van der Waals surface area contributed by atoms with Gasteiger partial charge in [0.15, 0.2) is 4.96 Å². The van der Waals surface area contributed by atoms with E-state index in [-0.39, 0.29) is 0 Å². The minimum atomic E-state index is -0.913. The van der Waals surface area contributed by atoms with Crippen LogP contribution in [0, 0.1) is 0 Å². The number of aromatic nitrogens is 2. The molecule has 1 N–H and O–H groups in total. The number of thiazole rings is 1. The number of hydrogen-bond acceptors (Lipinski definition) is 3. The third kappa shape index (κ3) is 2.12. The van der Waals surface area contributed by atoms with E-state index >= 15 is 0 Å². The van der Waals surface area contributed by atoms with Gasteiger partial charge < -0.3 is 5.11 Å². The molecule has 0 atom stereocenters. The van der Waals surface area contributed by atoms with Gasteiger partial charge in [-0.1, -0.05) is 39.4 Å². The topological polar surface area (TPSA) is 54.6 Å². The highest BCUT2D eigenvalue weighted by molar-refractivity contribution is 9.10. The summed E-state index contributed by atoms with van der Waals surface area (Å²) in [5.74, 6) is -0.913. The number of imidazole rings is 1. The number of fused-ring (bicyclic) bond motifs is 3. The van der Waals surface area contributed by atoms with Crippen LogP contribution in [0.4, 0.5) is 0 Å². The number of nitrogens with zero attached hydrogens (tertiary/aromatic N) is 2. The van der Waals surface area contributed by atoms with E-state index < -0.39 is 5.97 Å². The molecule has 0 saturated heterocycles. The van der Waals surface area contributed by atoms with Gasteiger partial charge in [-0.15, -0.1) is 0 Å². The van der Waals surface area contributed by atoms with Crippen molar-refractivity contribution in [3.8, 4) is 10.4 Å². The van der Waals surface area contributed by atoms with Crippen LogP contribution in [0.15, 0.2) is 53.1 Å². The molecule has 0 spiro atoms. The Morgan fingerprint density at radius 1 is 1.18 bits per heavy atom. The number of carboxylic acid groups (broad SMARTS) is 1. The van der Waals surface area contributed by atoms with E-state index in [4.69, 9.17) is 5.11 Å². The van der Waals surface area contributed by atoms with E-state index in [2.05, 4.69) is 25.3 Å². The SMILES string of the molecule is O=C(O)c1ccc(-c2cn3c(nc4cc(Br)ccc43)s2)cc1. The van der Waals surface area contributed by atoms with E-state index in [1.807, 2.05) is 36.5 Å². The molecule has 0 amide bonds. The third-order valence-electron chi connectivity index (χ3n) is 3.48. The van der Waals surface area contributed by atoms with Gasteiger partial charge in [-0.3, -0.25) is 4.40 Å². The predicted molar refractivity (Wildman–Crippen MR) is 90.7 cm³/mol. The van der Waals surface area contributed by atoms with E-state index in [1.54, 1.807) is 23.5 Å². The van der Waals surface area contributed by atoms with Gasteiger partial charge in [0.2, 0.25) is 0 Å². The van der Waals surface area contributed by atoms with Crippen molar-refractivity contribution >= 4 is 49.2 Å². The Balaban J connectivity index is 1.84. The smallest absolute Gasteiger partial charge is 0.335 e. The lowest BCUT2D eigenvalue weighted by Crippen LogP contribution is -1.94. The molecule has 0 fully saturated rings. The highest BCUT2D eigenvalue weighted by Crippen LogP contribution is 2.32. The second-order valence-electron chi connectivity index (χ2n) is 4.88. The highest BCUT2D eigenvalue weighted by Gasteiger charge is 2.11. The summed E-state index contributed by atoms with van der Waals surface area (Å²) in [5.41, 5.74) is 3.29. The van der Waals surface area contributed by atoms with Crippen LogP contribution in [0.5, 0.6) is 0 Å². The molecule has 108 valence electrons. The van der Waals surface area contributed by atoms with E-state index in [9.17, 15) is 4.79 Å². The third-order valence-corrected chi connectivity index (χ3v) is 5.01. The van der Waals surface area contributed by atoms with E-state index in [0.29, 0.717) is 5.56 Å². The Bertz CT molecular complexity index is 1020. The Morgan fingerprint density at radius 2 is 1.95 bits per heavy atom. The first-order valence-electron chi connectivity index (χ1n) is 6.53. The minimum Gasteiger partial charge on any atom is -0.478 e. The molecule has 0 unspecified atom stereocenters. The van der Waals surface area contributed by atoms with Crippen LogP contribution >= 0.6 is 27.3 Å². The van der Waals surface area contributed by atoms with E-state index in [0.717, 1.165) is 30.9 Å². The van der Waals surface area contributed by atoms with Crippen molar-refractivity contribution in [2.75, 3.05) is 0 Å². The maximum atomic E-state index is 10.9. The van der Waals surface area contributed by atoms with Crippen LogP contribution in [0.2, 0.25) is 0 Å². The van der Waals surface area contributed by atoms with Crippen molar-refractivity contribution in [3.05, 3.63) is 58.7 Å². The first-order chi connectivity index (χ1) is 10.6. The van der Waals surface area contributed by atoms with Gasteiger partial charge in [0.25, 0.3) is 0 Å². The van der Waals surface area contributed by atoms with Gasteiger partial charge in [0.05, 0.1) is 21.5 Å². The van der Waals surface area contributed by atoms with Crippen molar-refractivity contribution in [1.29, 1.82) is 0 Å². The van der Waals surface area contributed by atoms with Crippen molar-refractivity contribution < 1.29 is 9.90 Å². The summed E-state index contributed by atoms with van der Waals surface area (Å²) in [7, 11) is 0. The average molecular weight is 373 g/mol. The summed E-state index contributed by atoms with van der Waals surface area (Å²) >= 11 is 5.04. The lowest BCUT2D eigenvalue weighted by atomic mass is 10.1.